The monoisotopic (exact) mass is 874 g/mol. The molecule has 56 atom stereocenters. The van der Waals surface area contributed by atoms with Crippen LogP contribution >= 0.6 is 0 Å². The lowest BCUT2D eigenvalue weighted by Crippen LogP contribution is -3.76. The molecule has 54 aliphatic carbocycles. The maximum atomic E-state index is 1.90. The molecule has 0 amide bonds. The molecule has 0 heteroatoms. The summed E-state index contributed by atoms with van der Waals surface area (Å²) >= 11 is 0. The number of hydrogen-bond acceptors (Lipinski definition) is 0. The first-order valence-corrected chi connectivity index (χ1v) is 34.9. The minimum absolute atomic E-state index is 1.11. The van der Waals surface area contributed by atoms with Gasteiger partial charge in [0.05, 0.1) is 0 Å². The lowest BCUT2D eigenvalue weighted by molar-refractivity contribution is -1.33. The molecule has 0 bridgehead atoms. The van der Waals surface area contributed by atoms with Crippen LogP contribution in [-0.2, 0) is 0 Å². The van der Waals surface area contributed by atoms with E-state index in [1.54, 1.807) is 0 Å². The summed E-state index contributed by atoms with van der Waals surface area (Å²) in [5.74, 6) is 37.1. The average molecular weight is 875 g/mol. The van der Waals surface area contributed by atoms with Crippen molar-refractivity contribution in [2.24, 2.45) is 370 Å². The Bertz CT molecular complexity index is 4740. The van der Waals surface area contributed by atoms with Crippen LogP contribution in [0.5, 0.6) is 0 Å². The van der Waals surface area contributed by atoms with E-state index in [1.165, 1.54) is 219 Å². The molecule has 70 heavy (non-hydrogen) atoms. The molecule has 0 nitrogen and oxygen atoms in total. The summed E-state index contributed by atoms with van der Waals surface area (Å²) in [6.45, 7) is 0. The van der Waals surface area contributed by atoms with Gasteiger partial charge in [-0.3, -0.25) is 0 Å². The van der Waals surface area contributed by atoms with Crippen LogP contribution in [0.4, 0.5) is 0 Å². The number of hydrogen-bond donors (Lipinski definition) is 0. The standard InChI is InChI=1S/C70H34/c1-5-13-21-14-6-2-10-19-25-29-30-26-20-12-4-8-16-22-15-7-3-11-18-24-28-27-23-17-9(1)31(5)35(13)43(21)36(14)32(6,10)40(19)47(25)51(29)52(30)48(26)42(20)34(8,12)38(16)44(22)37(15)33(7,11)41(18)46(24)50(28)49(27)45(23)39(17,31)53(35)57(43)54(36,40)60(47)65(51)66(52)62(48)56(38,42)58(44)55(37,41)61(46)64(50)63(49)59(45,53)67(57,60)69(63,65)70(64,66)68(58,61)62/h5-30H,1-4H2. The largest absolute Gasteiger partial charge is 0.0458 e. The van der Waals surface area contributed by atoms with Gasteiger partial charge in [-0.25, -0.2) is 0 Å². The van der Waals surface area contributed by atoms with Crippen LogP contribution < -0.4 is 0 Å². The summed E-state index contributed by atoms with van der Waals surface area (Å²) in [7, 11) is 0. The molecule has 56 unspecified atom stereocenters. The van der Waals surface area contributed by atoms with E-state index in [1.807, 2.05) is 25.7 Å². The van der Waals surface area contributed by atoms with Crippen molar-refractivity contribution in [3.63, 3.8) is 0 Å². The average Bonchev–Trinajstić information content (AvgIpc) is 0.410. The Labute approximate surface area is 394 Å². The van der Waals surface area contributed by atoms with E-state index in [2.05, 4.69) is 0 Å². The van der Waals surface area contributed by atoms with E-state index < -0.39 is 0 Å². The molecule has 0 aliphatic heterocycles. The summed E-state index contributed by atoms with van der Waals surface area (Å²) in [6, 6.07) is 0. The molecule has 0 saturated heterocycles. The van der Waals surface area contributed by atoms with Crippen molar-refractivity contribution in [3.8, 4) is 0 Å². The van der Waals surface area contributed by atoms with Gasteiger partial charge in [0.2, 0.25) is 0 Å². The molecule has 54 rings (SSSR count). The zero-order valence-corrected chi connectivity index (χ0v) is 37.8. The van der Waals surface area contributed by atoms with Gasteiger partial charge in [0.15, 0.2) is 0 Å². The van der Waals surface area contributed by atoms with Gasteiger partial charge in [0.25, 0.3) is 0 Å². The third-order valence-corrected chi connectivity index (χ3v) is 64.4. The van der Waals surface area contributed by atoms with Gasteiger partial charge in [0.1, 0.15) is 0 Å². The van der Waals surface area contributed by atoms with Crippen molar-refractivity contribution in [2.45, 2.75) is 25.7 Å². The fourth-order valence-corrected chi connectivity index (χ4v) is 84.4. The highest BCUT2D eigenvalue weighted by molar-refractivity contribution is 6.25. The van der Waals surface area contributed by atoms with E-state index in [0.29, 0.717) is 0 Å². The summed E-state index contributed by atoms with van der Waals surface area (Å²) in [6.07, 6.45) is 7.58. The maximum absolute atomic E-state index is 1.90. The van der Waals surface area contributed by atoms with Gasteiger partial charge < -0.3 is 0 Å². The van der Waals surface area contributed by atoms with Crippen molar-refractivity contribution in [2.75, 3.05) is 0 Å². The Morgan fingerprint density at radius 3 is 0.514 bits per heavy atom. The lowest BCUT2D eigenvalue weighted by atomic mass is 8.25. The van der Waals surface area contributed by atoms with Gasteiger partial charge >= 0.3 is 0 Å². The first-order valence-electron chi connectivity index (χ1n) is 34.9. The van der Waals surface area contributed by atoms with Crippen molar-refractivity contribution in [1.82, 2.24) is 0 Å². The molecule has 0 radical (unpaired) electrons. The van der Waals surface area contributed by atoms with E-state index in [4.69, 9.17) is 0 Å². The summed E-state index contributed by atoms with van der Waals surface area (Å²) in [4.78, 5) is 0. The van der Waals surface area contributed by atoms with Crippen LogP contribution in [0.15, 0.2) is 0 Å². The first-order chi connectivity index (χ1) is 34.9. The normalized spacial score (nSPS) is 151. The predicted octanol–water partition coefficient (Wildman–Crippen LogP) is 4.76. The molecule has 0 N–H and O–H groups in total. The molecule has 0 heterocycles. The van der Waals surface area contributed by atoms with Crippen LogP contribution in [0.2, 0.25) is 0 Å². The second-order valence-electron chi connectivity index (χ2n) is 46.8. The van der Waals surface area contributed by atoms with Crippen molar-refractivity contribution < 1.29 is 0 Å². The van der Waals surface area contributed by atoms with Crippen LogP contribution in [0.25, 0.3) is 0 Å². The van der Waals surface area contributed by atoms with Crippen LogP contribution in [0.3, 0.4) is 0 Å². The van der Waals surface area contributed by atoms with Gasteiger partial charge in [-0.15, -0.1) is 0 Å². The molecular formula is C70H34. The molecule has 40 spiro atoms. The van der Waals surface area contributed by atoms with Gasteiger partial charge in [-0.1, -0.05) is 0 Å². The van der Waals surface area contributed by atoms with Crippen LogP contribution in [-0.4, -0.2) is 0 Å². The maximum Gasteiger partial charge on any atom is -0.0000251 e. The van der Waals surface area contributed by atoms with Crippen LogP contribution in [0.1, 0.15) is 25.7 Å². The minimum atomic E-state index is 1.11. The Morgan fingerprint density at radius 1 is 0.129 bits per heavy atom. The van der Waals surface area contributed by atoms with Gasteiger partial charge in [0, 0.05) is 0 Å². The summed E-state index contributed by atoms with van der Waals surface area (Å²) in [5.41, 5.74) is 46.0. The minimum Gasteiger partial charge on any atom is -0.0458 e. The van der Waals surface area contributed by atoms with E-state index in [-0.39, 0.29) is 0 Å². The molecular weight excluding hydrogens is 841 g/mol. The number of rotatable bonds is 0. The first kappa shape index (κ1) is 22.0. The fraction of sp³-hybridized carbons (Fsp3) is 1.00. The smallest absolute Gasteiger partial charge is 0.0000251 e. The molecule has 0 aromatic heterocycles. The van der Waals surface area contributed by atoms with Gasteiger partial charge in [-0.05, 0) is 396 Å². The molecule has 54 fully saturated rings. The Kier molecular flexibility index (Phi) is 0.968. The highest BCUT2D eigenvalue weighted by atomic mass is 15.8. The van der Waals surface area contributed by atoms with Crippen molar-refractivity contribution >= 4 is 0 Å². The van der Waals surface area contributed by atoms with Crippen LogP contribution in [0, 0.1) is 370 Å². The summed E-state index contributed by atoms with van der Waals surface area (Å²) < 4.78 is 0. The second kappa shape index (κ2) is 3.08. The SMILES string of the molecule is C1C2C3C4C5C6CC7C8C9C%10C%11C%12C%13C%14CC%15C%16C%17C%18C%19CC%20C%21C%22C%23C%24C%25C%26C1C21C32C43C54C67C85C96C%107C%118C%129C%13%10C%15%14C%16%11C%17%12C%18%13C%19%20C%21%14C%22%15C%23%16C%24%17C%25%18C%261C21C32C45C63C74C85C96C%11%10C%127C%13%14C%158C%169C%17%10C%181C23C%104C95C786. The summed E-state index contributed by atoms with van der Waals surface area (Å²) in [5, 5.41) is 0. The topological polar surface area (TPSA) is 0 Å². The van der Waals surface area contributed by atoms with E-state index >= 15 is 0 Å². The Balaban J connectivity index is 0.735. The Morgan fingerprint density at radius 2 is 0.271 bits per heavy atom. The third kappa shape index (κ3) is 0.410. The fourth-order valence-electron chi connectivity index (χ4n) is 84.4. The highest BCUT2D eigenvalue weighted by Crippen LogP contribution is 3.82. The van der Waals surface area contributed by atoms with E-state index in [0.717, 1.165) is 152 Å². The zero-order valence-electron chi connectivity index (χ0n) is 37.8. The molecule has 314 valence electrons. The molecule has 0 aromatic rings. The van der Waals surface area contributed by atoms with Gasteiger partial charge in [-0.2, -0.15) is 0 Å². The second-order valence-corrected chi connectivity index (χ2v) is 46.8. The number of fused-ring (bicyclic) bond motifs is 22. The lowest BCUT2D eigenvalue weighted by Gasteiger charge is -3.77. The van der Waals surface area contributed by atoms with Crippen molar-refractivity contribution in [3.05, 3.63) is 0 Å². The third-order valence-electron chi connectivity index (χ3n) is 64.4. The molecule has 54 saturated carbocycles. The predicted molar refractivity (Wildman–Crippen MR) is 207 cm³/mol. The quantitative estimate of drug-likeness (QED) is 0.330. The molecule has 0 aromatic carbocycles. The van der Waals surface area contributed by atoms with Crippen molar-refractivity contribution in [1.29, 1.82) is 0 Å². The Hall–Kier alpha value is 0. The zero-order chi connectivity index (χ0) is 37.8. The van der Waals surface area contributed by atoms with E-state index in [9.17, 15) is 0 Å². The highest BCUT2D eigenvalue weighted by Gasteiger charge is 3.81. The molecule has 54 aliphatic rings.